The van der Waals surface area contributed by atoms with E-state index in [1.807, 2.05) is 0 Å². The summed E-state index contributed by atoms with van der Waals surface area (Å²) in [5.74, 6) is -2.10. The molecular weight excluding hydrogens is 212 g/mol. The second-order valence-electron chi connectivity index (χ2n) is 4.04. The van der Waals surface area contributed by atoms with Crippen molar-refractivity contribution in [3.8, 4) is 0 Å². The van der Waals surface area contributed by atoms with Crippen LogP contribution in [0.15, 0.2) is 18.2 Å². The fraction of sp³-hybridized carbons (Fsp3) is 0.417. The fourth-order valence-electron chi connectivity index (χ4n) is 1.96. The molecule has 0 unspecified atom stereocenters. The molecule has 1 aliphatic heterocycles. The van der Waals surface area contributed by atoms with Gasteiger partial charge in [0, 0.05) is 18.0 Å². The van der Waals surface area contributed by atoms with Gasteiger partial charge in [-0.25, -0.2) is 8.78 Å². The van der Waals surface area contributed by atoms with E-state index < -0.39 is 11.6 Å². The Morgan fingerprint density at radius 1 is 1.31 bits per heavy atom. The van der Waals surface area contributed by atoms with Gasteiger partial charge in [-0.3, -0.25) is 4.79 Å². The van der Waals surface area contributed by atoms with Gasteiger partial charge in [0.25, 0.3) is 0 Å². The maximum Gasteiger partial charge on any atom is 0.167 e. The Morgan fingerprint density at radius 3 is 2.75 bits per heavy atom. The van der Waals surface area contributed by atoms with Crippen LogP contribution in [0.4, 0.5) is 8.78 Å². The standard InChI is InChI=1S/C12H13F2NO/c13-10-4-3-8(6-11(10)14)12(16)9-2-1-5-15-7-9/h3-4,6,9,15H,1-2,5,7H2/t9-/m0/s1. The number of piperidine rings is 1. The van der Waals surface area contributed by atoms with Crippen LogP contribution in [0.3, 0.4) is 0 Å². The number of nitrogens with one attached hydrogen (secondary N) is 1. The molecule has 0 bridgehead atoms. The second-order valence-corrected chi connectivity index (χ2v) is 4.04. The lowest BCUT2D eigenvalue weighted by Gasteiger charge is -2.21. The van der Waals surface area contributed by atoms with Crippen molar-refractivity contribution in [1.82, 2.24) is 5.32 Å². The highest BCUT2D eigenvalue weighted by Gasteiger charge is 2.22. The molecular formula is C12H13F2NO. The van der Waals surface area contributed by atoms with Gasteiger partial charge in [0.15, 0.2) is 17.4 Å². The Bertz CT molecular complexity index is 400. The van der Waals surface area contributed by atoms with Gasteiger partial charge in [-0.05, 0) is 37.6 Å². The van der Waals surface area contributed by atoms with Gasteiger partial charge in [0.05, 0.1) is 0 Å². The van der Waals surface area contributed by atoms with Crippen LogP contribution in [0.1, 0.15) is 23.2 Å². The van der Waals surface area contributed by atoms with Crippen LogP contribution < -0.4 is 5.32 Å². The molecule has 0 aromatic heterocycles. The van der Waals surface area contributed by atoms with Gasteiger partial charge in [-0.1, -0.05) is 0 Å². The molecule has 4 heteroatoms. The Balaban J connectivity index is 2.16. The first-order valence-corrected chi connectivity index (χ1v) is 5.38. The summed E-state index contributed by atoms with van der Waals surface area (Å²) in [6.07, 6.45) is 1.75. The molecule has 0 radical (unpaired) electrons. The van der Waals surface area contributed by atoms with Gasteiger partial charge in [-0.15, -0.1) is 0 Å². The lowest BCUT2D eigenvalue weighted by atomic mass is 9.91. The van der Waals surface area contributed by atoms with Gasteiger partial charge >= 0.3 is 0 Å². The summed E-state index contributed by atoms with van der Waals surface area (Å²) in [5, 5.41) is 3.12. The maximum atomic E-state index is 13.0. The van der Waals surface area contributed by atoms with E-state index in [1.165, 1.54) is 6.07 Å². The third-order valence-electron chi connectivity index (χ3n) is 2.87. The third-order valence-corrected chi connectivity index (χ3v) is 2.87. The van der Waals surface area contributed by atoms with Gasteiger partial charge in [0.1, 0.15) is 0 Å². The van der Waals surface area contributed by atoms with Crippen LogP contribution in [-0.4, -0.2) is 18.9 Å². The highest BCUT2D eigenvalue weighted by Crippen LogP contribution is 2.18. The molecule has 1 fully saturated rings. The summed E-state index contributed by atoms with van der Waals surface area (Å²) in [5.41, 5.74) is 0.257. The third kappa shape index (κ3) is 2.27. The summed E-state index contributed by atoms with van der Waals surface area (Å²) in [6, 6.07) is 3.32. The van der Waals surface area contributed by atoms with Crippen molar-refractivity contribution in [3.63, 3.8) is 0 Å². The summed E-state index contributed by atoms with van der Waals surface area (Å²) in [6.45, 7) is 1.54. The molecule has 1 aromatic carbocycles. The van der Waals surface area contributed by atoms with E-state index in [1.54, 1.807) is 0 Å². The molecule has 2 rings (SSSR count). The van der Waals surface area contributed by atoms with Gasteiger partial charge in [-0.2, -0.15) is 0 Å². The first-order chi connectivity index (χ1) is 7.68. The monoisotopic (exact) mass is 225 g/mol. The van der Waals surface area contributed by atoms with Crippen molar-refractivity contribution in [2.75, 3.05) is 13.1 Å². The lowest BCUT2D eigenvalue weighted by Crippen LogP contribution is -2.34. The van der Waals surface area contributed by atoms with E-state index in [4.69, 9.17) is 0 Å². The second kappa shape index (κ2) is 4.70. The topological polar surface area (TPSA) is 29.1 Å². The minimum atomic E-state index is -0.963. The molecule has 1 heterocycles. The normalized spacial score (nSPS) is 20.8. The molecule has 1 atom stereocenters. The Kier molecular flexibility index (Phi) is 3.29. The van der Waals surface area contributed by atoms with E-state index in [-0.39, 0.29) is 17.3 Å². The minimum absolute atomic E-state index is 0.105. The van der Waals surface area contributed by atoms with Crippen molar-refractivity contribution in [2.24, 2.45) is 5.92 Å². The highest BCUT2D eigenvalue weighted by molar-refractivity contribution is 5.98. The zero-order valence-electron chi connectivity index (χ0n) is 8.80. The first-order valence-electron chi connectivity index (χ1n) is 5.38. The van der Waals surface area contributed by atoms with Crippen LogP contribution in [-0.2, 0) is 0 Å². The largest absolute Gasteiger partial charge is 0.316 e. The molecule has 1 saturated heterocycles. The first kappa shape index (κ1) is 11.2. The van der Waals surface area contributed by atoms with Crippen molar-refractivity contribution in [2.45, 2.75) is 12.8 Å². The van der Waals surface area contributed by atoms with Crippen molar-refractivity contribution in [3.05, 3.63) is 35.4 Å². The van der Waals surface area contributed by atoms with Crippen molar-refractivity contribution in [1.29, 1.82) is 0 Å². The zero-order valence-corrected chi connectivity index (χ0v) is 8.80. The quantitative estimate of drug-likeness (QED) is 0.781. The van der Waals surface area contributed by atoms with E-state index in [0.29, 0.717) is 6.54 Å². The molecule has 1 aliphatic rings. The van der Waals surface area contributed by atoms with Crippen LogP contribution >= 0.6 is 0 Å². The Morgan fingerprint density at radius 2 is 2.12 bits per heavy atom. The lowest BCUT2D eigenvalue weighted by molar-refractivity contribution is 0.0899. The number of hydrogen-bond donors (Lipinski definition) is 1. The van der Waals surface area contributed by atoms with Crippen LogP contribution in [0.2, 0.25) is 0 Å². The van der Waals surface area contributed by atoms with Crippen LogP contribution in [0.5, 0.6) is 0 Å². The molecule has 0 saturated carbocycles. The average Bonchev–Trinajstić information content (AvgIpc) is 2.33. The number of carbonyl (C=O) groups is 1. The molecule has 2 nitrogen and oxygen atoms in total. The smallest absolute Gasteiger partial charge is 0.167 e. The van der Waals surface area contributed by atoms with Crippen LogP contribution in [0, 0.1) is 17.6 Å². The van der Waals surface area contributed by atoms with Crippen molar-refractivity contribution < 1.29 is 13.6 Å². The molecule has 1 N–H and O–H groups in total. The summed E-state index contributed by atoms with van der Waals surface area (Å²) < 4.78 is 25.7. The number of ketones is 1. The minimum Gasteiger partial charge on any atom is -0.316 e. The average molecular weight is 225 g/mol. The summed E-state index contributed by atoms with van der Waals surface area (Å²) in [7, 11) is 0. The predicted octanol–water partition coefficient (Wildman–Crippen LogP) is 2.15. The van der Waals surface area contributed by atoms with E-state index in [0.717, 1.165) is 31.5 Å². The van der Waals surface area contributed by atoms with Gasteiger partial charge in [0.2, 0.25) is 0 Å². The Hall–Kier alpha value is -1.29. The van der Waals surface area contributed by atoms with E-state index in [9.17, 15) is 13.6 Å². The van der Waals surface area contributed by atoms with E-state index in [2.05, 4.69) is 5.32 Å². The number of hydrogen-bond acceptors (Lipinski definition) is 2. The van der Waals surface area contributed by atoms with Crippen molar-refractivity contribution >= 4 is 5.78 Å². The SMILES string of the molecule is O=C(c1ccc(F)c(F)c1)[C@H]1CCCNC1. The van der Waals surface area contributed by atoms with Gasteiger partial charge < -0.3 is 5.32 Å². The Labute approximate surface area is 92.7 Å². The predicted molar refractivity (Wildman–Crippen MR) is 56.3 cm³/mol. The molecule has 86 valence electrons. The molecule has 0 spiro atoms. The fourth-order valence-corrected chi connectivity index (χ4v) is 1.96. The number of halogens is 2. The summed E-state index contributed by atoms with van der Waals surface area (Å²) >= 11 is 0. The number of carbonyl (C=O) groups excluding carboxylic acids is 1. The molecule has 0 amide bonds. The van der Waals surface area contributed by atoms with Crippen LogP contribution in [0.25, 0.3) is 0 Å². The maximum absolute atomic E-state index is 13.0. The molecule has 0 aliphatic carbocycles. The molecule has 1 aromatic rings. The number of rotatable bonds is 2. The number of Topliss-reactive ketones (excluding diaryl/α,β-unsaturated/α-hetero) is 1. The van der Waals surface area contributed by atoms with E-state index >= 15 is 0 Å². The number of benzene rings is 1. The molecule has 16 heavy (non-hydrogen) atoms. The summed E-state index contributed by atoms with van der Waals surface area (Å²) in [4.78, 5) is 11.9. The highest BCUT2D eigenvalue weighted by atomic mass is 19.2. The zero-order chi connectivity index (χ0) is 11.5.